The molecule has 0 fully saturated rings. The molecule has 0 bridgehead atoms. The van der Waals surface area contributed by atoms with Gasteiger partial charge in [-0.1, -0.05) is 363 Å². The lowest BCUT2D eigenvalue weighted by atomic mass is 10.0. The second-order valence-corrected chi connectivity index (χ2v) is 32.3. The maximum absolute atomic E-state index is 13.1. The molecule has 0 aromatic heterocycles. The third-order valence-corrected chi connectivity index (χ3v) is 20.4. The number of esters is 4. The molecule has 0 radical (unpaired) electrons. The van der Waals surface area contributed by atoms with Gasteiger partial charge in [0.25, 0.3) is 0 Å². The van der Waals surface area contributed by atoms with E-state index >= 15 is 0 Å². The Kier molecular flexibility index (Phi) is 69.3. The molecule has 0 spiro atoms. The van der Waals surface area contributed by atoms with Gasteiger partial charge in [-0.25, -0.2) is 9.13 Å². The molecule has 5 atom stereocenters. The second-order valence-electron chi connectivity index (χ2n) is 29.4. The number of hydrogen-bond donors (Lipinski definition) is 3. The highest BCUT2D eigenvalue weighted by Crippen LogP contribution is 2.45. The first-order chi connectivity index (χ1) is 47.4. The zero-order valence-electron chi connectivity index (χ0n) is 64.1. The van der Waals surface area contributed by atoms with E-state index in [1.165, 1.54) is 231 Å². The molecule has 0 aromatic rings. The fraction of sp³-hybridized carbons (Fsp3) is 0.949. The number of aliphatic hydroxyl groups is 1. The lowest BCUT2D eigenvalue weighted by Crippen LogP contribution is -2.30. The van der Waals surface area contributed by atoms with Crippen molar-refractivity contribution in [3.05, 3.63) is 0 Å². The van der Waals surface area contributed by atoms with Gasteiger partial charge in [0, 0.05) is 25.7 Å². The van der Waals surface area contributed by atoms with Crippen LogP contribution in [0.3, 0.4) is 0 Å². The van der Waals surface area contributed by atoms with Crippen molar-refractivity contribution in [2.24, 2.45) is 11.8 Å². The number of aliphatic hydroxyl groups excluding tert-OH is 1. The van der Waals surface area contributed by atoms with E-state index in [1.54, 1.807) is 0 Å². The normalized spacial score (nSPS) is 13.9. The number of hydrogen-bond acceptors (Lipinski definition) is 15. The molecule has 3 N–H and O–H groups in total. The Morgan fingerprint density at radius 2 is 0.469 bits per heavy atom. The number of rotatable bonds is 78. The minimum absolute atomic E-state index is 0.106. The van der Waals surface area contributed by atoms with Gasteiger partial charge in [0.1, 0.15) is 19.3 Å². The van der Waals surface area contributed by atoms with Crippen molar-refractivity contribution in [3.63, 3.8) is 0 Å². The van der Waals surface area contributed by atoms with E-state index < -0.39 is 97.5 Å². The van der Waals surface area contributed by atoms with Crippen molar-refractivity contribution in [3.8, 4) is 0 Å². The highest BCUT2D eigenvalue weighted by Gasteiger charge is 2.30. The third-order valence-electron chi connectivity index (χ3n) is 18.5. The summed E-state index contributed by atoms with van der Waals surface area (Å²) >= 11 is 0. The molecule has 0 saturated heterocycles. The Bertz CT molecular complexity index is 1890. The molecule has 0 saturated carbocycles. The summed E-state index contributed by atoms with van der Waals surface area (Å²) in [5.74, 6) is -0.617. The van der Waals surface area contributed by atoms with Crippen molar-refractivity contribution in [2.75, 3.05) is 39.6 Å². The topological polar surface area (TPSA) is 237 Å². The molecule has 17 nitrogen and oxygen atoms in total. The Morgan fingerprint density at radius 3 is 0.694 bits per heavy atom. The van der Waals surface area contributed by atoms with Crippen LogP contribution in [0.5, 0.6) is 0 Å². The molecule has 98 heavy (non-hydrogen) atoms. The van der Waals surface area contributed by atoms with Crippen molar-refractivity contribution in [2.45, 2.75) is 432 Å². The average molecular weight is 1440 g/mol. The molecule has 0 heterocycles. The molecule has 0 aliphatic rings. The predicted octanol–water partition coefficient (Wildman–Crippen LogP) is 23.5. The fourth-order valence-electron chi connectivity index (χ4n) is 12.2. The van der Waals surface area contributed by atoms with Gasteiger partial charge in [-0.05, 0) is 37.5 Å². The van der Waals surface area contributed by atoms with Gasteiger partial charge in [-0.15, -0.1) is 0 Å². The quantitative estimate of drug-likeness (QED) is 0.0222. The van der Waals surface area contributed by atoms with Gasteiger partial charge < -0.3 is 33.8 Å². The second kappa shape index (κ2) is 70.7. The first-order valence-corrected chi connectivity index (χ1v) is 44.0. The number of carbonyl (C=O) groups is 4. The summed E-state index contributed by atoms with van der Waals surface area (Å²) in [6, 6.07) is 0. The molecular weight excluding hydrogens is 1280 g/mol. The maximum Gasteiger partial charge on any atom is 0.472 e. The van der Waals surface area contributed by atoms with E-state index in [4.69, 9.17) is 37.0 Å². The van der Waals surface area contributed by atoms with E-state index in [9.17, 15) is 43.2 Å². The lowest BCUT2D eigenvalue weighted by molar-refractivity contribution is -0.161. The first kappa shape index (κ1) is 96.1. The molecule has 0 aromatic carbocycles. The summed E-state index contributed by atoms with van der Waals surface area (Å²) < 4.78 is 68.6. The Labute approximate surface area is 600 Å². The number of phosphoric ester groups is 2. The van der Waals surface area contributed by atoms with Crippen LogP contribution in [0.25, 0.3) is 0 Å². The number of ether oxygens (including phenoxy) is 4. The van der Waals surface area contributed by atoms with E-state index in [0.717, 1.165) is 102 Å². The van der Waals surface area contributed by atoms with Crippen LogP contribution >= 0.6 is 15.6 Å². The summed E-state index contributed by atoms with van der Waals surface area (Å²) in [6.07, 6.45) is 59.7. The smallest absolute Gasteiger partial charge is 0.462 e. The van der Waals surface area contributed by atoms with Crippen LogP contribution in [0.1, 0.15) is 414 Å². The molecule has 582 valence electrons. The van der Waals surface area contributed by atoms with Crippen LogP contribution < -0.4 is 0 Å². The summed E-state index contributed by atoms with van der Waals surface area (Å²) in [4.78, 5) is 72.9. The van der Waals surface area contributed by atoms with Crippen molar-refractivity contribution in [1.82, 2.24) is 0 Å². The Balaban J connectivity index is 5.21. The van der Waals surface area contributed by atoms with Gasteiger partial charge >= 0.3 is 39.5 Å². The van der Waals surface area contributed by atoms with Gasteiger partial charge in [-0.3, -0.25) is 37.3 Å². The molecular formula is C79H154O17P2. The molecule has 0 aliphatic heterocycles. The number of carbonyl (C=O) groups excluding carboxylic acids is 4. The highest BCUT2D eigenvalue weighted by molar-refractivity contribution is 7.47. The maximum atomic E-state index is 13.1. The van der Waals surface area contributed by atoms with Gasteiger partial charge in [-0.2, -0.15) is 0 Å². The van der Waals surface area contributed by atoms with E-state index in [2.05, 4.69) is 41.5 Å². The molecule has 0 amide bonds. The van der Waals surface area contributed by atoms with Crippen molar-refractivity contribution >= 4 is 39.5 Å². The fourth-order valence-corrected chi connectivity index (χ4v) is 13.8. The molecule has 19 heteroatoms. The van der Waals surface area contributed by atoms with Crippen molar-refractivity contribution < 1.29 is 80.2 Å². The summed E-state index contributed by atoms with van der Waals surface area (Å²) in [6.45, 7) is 9.59. The minimum Gasteiger partial charge on any atom is -0.462 e. The van der Waals surface area contributed by atoms with Crippen LogP contribution in [0, 0.1) is 11.8 Å². The third kappa shape index (κ3) is 72.4. The number of unbranched alkanes of at least 4 members (excludes halogenated alkanes) is 48. The minimum atomic E-state index is -4.96. The van der Waals surface area contributed by atoms with Gasteiger partial charge in [0.2, 0.25) is 0 Å². The predicted molar refractivity (Wildman–Crippen MR) is 400 cm³/mol. The summed E-state index contributed by atoms with van der Waals surface area (Å²) in [7, 11) is -9.92. The molecule has 0 rings (SSSR count). The first-order valence-electron chi connectivity index (χ1n) is 41.0. The van der Waals surface area contributed by atoms with Crippen LogP contribution in [-0.2, 0) is 65.4 Å². The molecule has 0 aliphatic carbocycles. The molecule has 2 unspecified atom stereocenters. The van der Waals surface area contributed by atoms with Crippen LogP contribution in [0.4, 0.5) is 0 Å². The van der Waals surface area contributed by atoms with Crippen molar-refractivity contribution in [1.29, 1.82) is 0 Å². The zero-order chi connectivity index (χ0) is 72.1. The van der Waals surface area contributed by atoms with Crippen LogP contribution in [-0.4, -0.2) is 96.7 Å². The van der Waals surface area contributed by atoms with Gasteiger partial charge in [0.15, 0.2) is 12.2 Å². The van der Waals surface area contributed by atoms with E-state index in [-0.39, 0.29) is 25.7 Å². The zero-order valence-corrected chi connectivity index (χ0v) is 65.9. The Hall–Kier alpha value is -1.94. The largest absolute Gasteiger partial charge is 0.472 e. The lowest BCUT2D eigenvalue weighted by Gasteiger charge is -2.21. The van der Waals surface area contributed by atoms with E-state index in [0.29, 0.717) is 25.7 Å². The SMILES string of the molecule is CCCCCCCCCCCCCCCCCCCCCCCC(=O)O[C@H](COC(=O)CCCCCCCCCCCCC(C)C)COP(=O)(O)OC[C@@H](O)COP(=O)(O)OC[C@@H](COC(=O)CCCCCCCCCCCCCC)OC(=O)CCCCCCCCCCCC(C)C. The van der Waals surface area contributed by atoms with Crippen LogP contribution in [0.2, 0.25) is 0 Å². The monoisotopic (exact) mass is 1440 g/mol. The van der Waals surface area contributed by atoms with Gasteiger partial charge in [0.05, 0.1) is 26.4 Å². The van der Waals surface area contributed by atoms with E-state index in [1.807, 2.05) is 0 Å². The summed E-state index contributed by atoms with van der Waals surface area (Å²) in [5, 5.41) is 10.6. The highest BCUT2D eigenvalue weighted by atomic mass is 31.2. The number of phosphoric acid groups is 2. The Morgan fingerprint density at radius 1 is 0.276 bits per heavy atom. The standard InChI is InChI=1S/C79H154O17P2/c1-7-9-11-13-15-17-19-21-22-23-24-25-26-27-28-29-31-39-45-51-57-63-78(83)95-74(67-90-77(82)62-56-50-44-38-33-32-35-41-47-53-59-71(3)4)69-93-97(85,86)91-65-73(80)66-92-98(87,88)94-70-75(96-79(84)64-58-52-46-40-34-36-42-48-54-60-72(5)6)68-89-76(81)61-55-49-43-37-30-20-18-16-14-12-10-8-2/h71-75,80H,7-70H2,1-6H3,(H,85,86)(H,87,88)/t73-,74-,75-/m1/s1. The summed E-state index contributed by atoms with van der Waals surface area (Å²) in [5.41, 5.74) is 0. The van der Waals surface area contributed by atoms with Crippen LogP contribution in [0.15, 0.2) is 0 Å². The average Bonchev–Trinajstić information content (AvgIpc) is 3.53.